The number of hydrogen-bond acceptors (Lipinski definition) is 4. The third kappa shape index (κ3) is 4.46. The molecule has 34 heavy (non-hydrogen) atoms. The minimum absolute atomic E-state index is 0.0212. The van der Waals surface area contributed by atoms with E-state index in [0.29, 0.717) is 37.7 Å². The molecule has 7 nitrogen and oxygen atoms in total. The standard InChI is InChI=1S/C26H30N4O3S/c1-18-6-7-19(16-23(18)30-14-11-27-26(30)33)25(32)29-12-2-4-20-17-28(13-10-22(20)29)24(31)9-8-21-5-3-15-34-21/h3,5-9,15-16,20,22H,2,4,10-14,17H2,1H3,(H,27,33)/t20-,22-/m1/s1. The fraction of sp³-hybridized carbons (Fsp3) is 0.423. The smallest absolute Gasteiger partial charge is 0.322 e. The van der Waals surface area contributed by atoms with Crippen molar-refractivity contribution in [1.29, 1.82) is 0 Å². The lowest BCUT2D eigenvalue weighted by Crippen LogP contribution is -2.56. The molecule has 3 fully saturated rings. The first-order valence-corrected chi connectivity index (χ1v) is 12.9. The van der Waals surface area contributed by atoms with E-state index in [-0.39, 0.29) is 23.9 Å². The average molecular weight is 479 g/mol. The summed E-state index contributed by atoms with van der Waals surface area (Å²) in [4.78, 5) is 45.2. The molecule has 5 rings (SSSR count). The molecule has 2 atom stereocenters. The summed E-state index contributed by atoms with van der Waals surface area (Å²) in [5, 5.41) is 4.83. The number of amides is 4. The Bertz CT molecular complexity index is 1110. The highest BCUT2D eigenvalue weighted by atomic mass is 32.1. The van der Waals surface area contributed by atoms with E-state index >= 15 is 0 Å². The van der Waals surface area contributed by atoms with E-state index in [2.05, 4.69) is 5.32 Å². The number of anilines is 1. The predicted octanol–water partition coefficient (Wildman–Crippen LogP) is 3.75. The van der Waals surface area contributed by atoms with Crippen LogP contribution in [0.25, 0.3) is 6.08 Å². The van der Waals surface area contributed by atoms with E-state index in [1.807, 2.05) is 58.5 Å². The van der Waals surface area contributed by atoms with Gasteiger partial charge in [0.05, 0.1) is 0 Å². The third-order valence-corrected chi connectivity index (χ3v) is 8.02. The third-order valence-electron chi connectivity index (χ3n) is 7.18. The molecule has 3 aliphatic heterocycles. The van der Waals surface area contributed by atoms with Crippen LogP contribution in [0.1, 0.15) is 40.1 Å². The number of aryl methyl sites for hydroxylation is 1. The summed E-state index contributed by atoms with van der Waals surface area (Å²) in [6.07, 6.45) is 6.31. The molecule has 3 saturated heterocycles. The maximum absolute atomic E-state index is 13.6. The number of nitrogens with one attached hydrogen (secondary N) is 1. The Morgan fingerprint density at radius 1 is 1.15 bits per heavy atom. The number of rotatable bonds is 4. The van der Waals surface area contributed by atoms with Gasteiger partial charge in [-0.1, -0.05) is 12.1 Å². The summed E-state index contributed by atoms with van der Waals surface area (Å²) >= 11 is 1.61. The van der Waals surface area contributed by atoms with Gasteiger partial charge in [-0.15, -0.1) is 11.3 Å². The van der Waals surface area contributed by atoms with Gasteiger partial charge in [0.25, 0.3) is 5.91 Å². The SMILES string of the molecule is Cc1ccc(C(=O)N2CCC[C@@H]3CN(C(=O)C=Cc4cccs4)CC[C@H]32)cc1N1CCNC1=O. The molecule has 1 aromatic heterocycles. The summed E-state index contributed by atoms with van der Waals surface area (Å²) < 4.78 is 0. The predicted molar refractivity (Wildman–Crippen MR) is 134 cm³/mol. The number of urea groups is 1. The number of benzene rings is 1. The lowest BCUT2D eigenvalue weighted by Gasteiger charge is -2.47. The first-order chi connectivity index (χ1) is 16.5. The molecule has 0 aliphatic carbocycles. The number of hydrogen-bond donors (Lipinski definition) is 1. The van der Waals surface area contributed by atoms with Crippen molar-refractivity contribution in [2.45, 2.75) is 32.2 Å². The van der Waals surface area contributed by atoms with E-state index in [1.165, 1.54) is 0 Å². The number of carbonyl (C=O) groups excluding carboxylic acids is 3. The van der Waals surface area contributed by atoms with Crippen LogP contribution in [0.15, 0.2) is 41.8 Å². The number of likely N-dealkylation sites (tertiary alicyclic amines) is 2. The molecule has 1 aromatic carbocycles. The van der Waals surface area contributed by atoms with Crippen molar-refractivity contribution in [2.75, 3.05) is 37.6 Å². The van der Waals surface area contributed by atoms with E-state index < -0.39 is 0 Å². The second-order valence-electron chi connectivity index (χ2n) is 9.27. The van der Waals surface area contributed by atoms with Crippen molar-refractivity contribution in [3.05, 3.63) is 57.8 Å². The van der Waals surface area contributed by atoms with Crippen molar-refractivity contribution in [3.8, 4) is 0 Å². The minimum Gasteiger partial charge on any atom is -0.339 e. The number of fused-ring (bicyclic) bond motifs is 1. The molecule has 0 bridgehead atoms. The van der Waals surface area contributed by atoms with E-state index in [4.69, 9.17) is 0 Å². The van der Waals surface area contributed by atoms with Gasteiger partial charge in [-0.05, 0) is 67.3 Å². The summed E-state index contributed by atoms with van der Waals surface area (Å²) in [5.41, 5.74) is 2.40. The number of thiophene rings is 1. The van der Waals surface area contributed by atoms with Crippen LogP contribution in [-0.2, 0) is 4.79 Å². The minimum atomic E-state index is -0.115. The summed E-state index contributed by atoms with van der Waals surface area (Å²) in [6, 6.07) is 9.66. The van der Waals surface area contributed by atoms with Gasteiger partial charge in [0.2, 0.25) is 5.91 Å². The van der Waals surface area contributed by atoms with Crippen molar-refractivity contribution < 1.29 is 14.4 Å². The van der Waals surface area contributed by atoms with Gasteiger partial charge in [-0.2, -0.15) is 0 Å². The number of piperidine rings is 2. The highest BCUT2D eigenvalue weighted by Gasteiger charge is 2.39. The van der Waals surface area contributed by atoms with Crippen LogP contribution in [0.3, 0.4) is 0 Å². The van der Waals surface area contributed by atoms with Gasteiger partial charge in [0.15, 0.2) is 0 Å². The molecule has 0 radical (unpaired) electrons. The maximum atomic E-state index is 13.6. The Labute approximate surface area is 204 Å². The first-order valence-electron chi connectivity index (χ1n) is 12.0. The fourth-order valence-electron chi connectivity index (χ4n) is 5.40. The molecular formula is C26H30N4O3S. The molecule has 0 unspecified atom stereocenters. The van der Waals surface area contributed by atoms with Crippen LogP contribution >= 0.6 is 11.3 Å². The maximum Gasteiger partial charge on any atom is 0.322 e. The van der Waals surface area contributed by atoms with Crippen LogP contribution in [0.5, 0.6) is 0 Å². The molecule has 178 valence electrons. The summed E-state index contributed by atoms with van der Waals surface area (Å²) in [7, 11) is 0. The zero-order valence-corrected chi connectivity index (χ0v) is 20.2. The van der Waals surface area contributed by atoms with Crippen LogP contribution in [0, 0.1) is 12.8 Å². The molecule has 8 heteroatoms. The molecule has 3 aliphatic rings. The van der Waals surface area contributed by atoms with E-state index in [0.717, 1.165) is 41.9 Å². The Morgan fingerprint density at radius 3 is 2.79 bits per heavy atom. The molecule has 0 saturated carbocycles. The van der Waals surface area contributed by atoms with Gasteiger partial charge >= 0.3 is 6.03 Å². The van der Waals surface area contributed by atoms with E-state index in [9.17, 15) is 14.4 Å². The highest BCUT2D eigenvalue weighted by Crippen LogP contribution is 2.33. The normalized spacial score (nSPS) is 22.7. The Balaban J connectivity index is 1.28. The zero-order valence-electron chi connectivity index (χ0n) is 19.4. The molecule has 1 N–H and O–H groups in total. The largest absolute Gasteiger partial charge is 0.339 e. The topological polar surface area (TPSA) is 73.0 Å². The molecular weight excluding hydrogens is 448 g/mol. The lowest BCUT2D eigenvalue weighted by molar-refractivity contribution is -0.129. The summed E-state index contributed by atoms with van der Waals surface area (Å²) in [5.74, 6) is 0.357. The van der Waals surface area contributed by atoms with Crippen molar-refractivity contribution in [1.82, 2.24) is 15.1 Å². The number of nitrogens with zero attached hydrogens (tertiary/aromatic N) is 3. The number of carbonyl (C=O) groups is 3. The molecule has 4 heterocycles. The monoisotopic (exact) mass is 478 g/mol. The van der Waals surface area contributed by atoms with Crippen LogP contribution in [0.4, 0.5) is 10.5 Å². The summed E-state index contributed by atoms with van der Waals surface area (Å²) in [6.45, 7) is 5.27. The van der Waals surface area contributed by atoms with Gasteiger partial charge in [0, 0.05) is 61.0 Å². The lowest BCUT2D eigenvalue weighted by atomic mass is 9.83. The second-order valence-corrected chi connectivity index (χ2v) is 10.3. The molecule has 0 spiro atoms. The van der Waals surface area contributed by atoms with Gasteiger partial charge in [-0.25, -0.2) is 4.79 Å². The van der Waals surface area contributed by atoms with E-state index in [1.54, 1.807) is 22.3 Å². The van der Waals surface area contributed by atoms with Crippen LogP contribution < -0.4 is 10.2 Å². The van der Waals surface area contributed by atoms with Gasteiger partial charge < -0.3 is 15.1 Å². The Morgan fingerprint density at radius 2 is 2.03 bits per heavy atom. The van der Waals surface area contributed by atoms with Crippen molar-refractivity contribution >= 4 is 40.9 Å². The van der Waals surface area contributed by atoms with Gasteiger partial charge in [0.1, 0.15) is 0 Å². The van der Waals surface area contributed by atoms with Crippen LogP contribution in [0.2, 0.25) is 0 Å². The highest BCUT2D eigenvalue weighted by molar-refractivity contribution is 7.10. The zero-order chi connectivity index (χ0) is 23.7. The Kier molecular flexibility index (Phi) is 6.41. The molecule has 4 amide bonds. The Hall–Kier alpha value is -3.13. The fourth-order valence-corrected chi connectivity index (χ4v) is 6.02. The van der Waals surface area contributed by atoms with Crippen LogP contribution in [-0.4, -0.2) is 66.4 Å². The van der Waals surface area contributed by atoms with Gasteiger partial charge in [-0.3, -0.25) is 14.5 Å². The first kappa shape index (κ1) is 22.7. The molecule has 2 aromatic rings. The average Bonchev–Trinajstić information content (AvgIpc) is 3.53. The quantitative estimate of drug-likeness (QED) is 0.681. The van der Waals surface area contributed by atoms with Crippen molar-refractivity contribution in [3.63, 3.8) is 0 Å². The second kappa shape index (κ2) is 9.62. The van der Waals surface area contributed by atoms with Crippen molar-refractivity contribution in [2.24, 2.45) is 5.92 Å².